The molecule has 8 heavy (non-hydrogen) atoms. The smallest absolute Gasteiger partial charge is 0.0200 e. The van der Waals surface area contributed by atoms with Crippen LogP contribution < -0.4 is 0 Å². The van der Waals surface area contributed by atoms with Gasteiger partial charge in [-0.05, 0) is 13.3 Å². The second kappa shape index (κ2) is 4.71. The third kappa shape index (κ3) is 3.74. The lowest BCUT2D eigenvalue weighted by Gasteiger charge is -1.98. The van der Waals surface area contributed by atoms with E-state index in [1.807, 2.05) is 0 Å². The maximum atomic E-state index is 5.10. The van der Waals surface area contributed by atoms with E-state index in [0.717, 1.165) is 6.42 Å². The van der Waals surface area contributed by atoms with E-state index in [-0.39, 0.29) is 5.92 Å². The molecule has 0 amide bonds. The van der Waals surface area contributed by atoms with E-state index in [4.69, 9.17) is 6.42 Å². The zero-order valence-electron chi connectivity index (χ0n) is 5.48. The van der Waals surface area contributed by atoms with Crippen LogP contribution in [0.25, 0.3) is 0 Å². The summed E-state index contributed by atoms with van der Waals surface area (Å²) in [5.74, 6) is 2.82. The van der Waals surface area contributed by atoms with Crippen LogP contribution in [0, 0.1) is 25.2 Å². The minimum Gasteiger partial charge on any atom is -0.120 e. The molecule has 0 bridgehead atoms. The van der Waals surface area contributed by atoms with Crippen molar-refractivity contribution >= 4 is 0 Å². The fourth-order valence-electron chi connectivity index (χ4n) is 0.534. The first-order chi connectivity index (χ1) is 3.81. The minimum absolute atomic E-state index is 0.231. The van der Waals surface area contributed by atoms with Crippen molar-refractivity contribution in [2.45, 2.75) is 26.2 Å². The molecule has 0 rings (SSSR count). The molecule has 0 nitrogen and oxygen atoms in total. The molecule has 0 aliphatic rings. The van der Waals surface area contributed by atoms with Gasteiger partial charge in [0.05, 0.1) is 0 Å². The normalized spacial score (nSPS) is 12.6. The maximum Gasteiger partial charge on any atom is 0.0200 e. The molecular formula is C8H13. The summed E-state index contributed by atoms with van der Waals surface area (Å²) in [6.07, 6.45) is 8.60. The van der Waals surface area contributed by atoms with Gasteiger partial charge in [-0.2, -0.15) is 0 Å². The number of rotatable bonds is 3. The standard InChI is InChI=1S/C8H13/c1-4-6-7-8(3)5-2/h2,8H,3-4,6-7H2,1H3. The highest BCUT2D eigenvalue weighted by atomic mass is 14.0. The third-order valence-electron chi connectivity index (χ3n) is 1.14. The molecule has 0 saturated carbocycles. The highest BCUT2D eigenvalue weighted by Crippen LogP contribution is 2.03. The van der Waals surface area contributed by atoms with Crippen molar-refractivity contribution in [3.05, 3.63) is 6.92 Å². The summed E-state index contributed by atoms with van der Waals surface area (Å²) in [6, 6.07) is 0. The van der Waals surface area contributed by atoms with Crippen LogP contribution in [0.1, 0.15) is 26.2 Å². The van der Waals surface area contributed by atoms with Crippen molar-refractivity contribution in [1.29, 1.82) is 0 Å². The Morgan fingerprint density at radius 3 is 2.75 bits per heavy atom. The van der Waals surface area contributed by atoms with E-state index in [1.54, 1.807) is 0 Å². The van der Waals surface area contributed by atoms with Gasteiger partial charge >= 0.3 is 0 Å². The van der Waals surface area contributed by atoms with Crippen molar-refractivity contribution in [2.75, 3.05) is 0 Å². The molecule has 0 fully saturated rings. The molecule has 0 spiro atoms. The van der Waals surface area contributed by atoms with Gasteiger partial charge in [-0.3, -0.25) is 0 Å². The maximum absolute atomic E-state index is 5.10. The zero-order chi connectivity index (χ0) is 6.41. The van der Waals surface area contributed by atoms with E-state index in [1.165, 1.54) is 12.8 Å². The molecule has 0 heteroatoms. The van der Waals surface area contributed by atoms with Crippen LogP contribution in [0.3, 0.4) is 0 Å². The largest absolute Gasteiger partial charge is 0.120 e. The molecule has 1 atom stereocenters. The van der Waals surface area contributed by atoms with Crippen molar-refractivity contribution in [3.63, 3.8) is 0 Å². The Kier molecular flexibility index (Phi) is 4.45. The highest BCUT2D eigenvalue weighted by molar-refractivity contribution is 4.93. The Morgan fingerprint density at radius 1 is 1.75 bits per heavy atom. The fraction of sp³-hybridized carbons (Fsp3) is 0.625. The Balaban J connectivity index is 3.02. The lowest BCUT2D eigenvalue weighted by molar-refractivity contribution is 0.654. The van der Waals surface area contributed by atoms with Gasteiger partial charge in [-0.25, -0.2) is 0 Å². The Morgan fingerprint density at radius 2 is 2.38 bits per heavy atom. The second-order valence-electron chi connectivity index (χ2n) is 2.01. The van der Waals surface area contributed by atoms with Crippen molar-refractivity contribution in [2.24, 2.45) is 5.92 Å². The first kappa shape index (κ1) is 7.56. The molecule has 0 N–H and O–H groups in total. The molecule has 45 valence electrons. The summed E-state index contributed by atoms with van der Waals surface area (Å²) in [5.41, 5.74) is 0. The van der Waals surface area contributed by atoms with Crippen LogP contribution in [-0.4, -0.2) is 0 Å². The summed E-state index contributed by atoms with van der Waals surface area (Å²) in [7, 11) is 0. The second-order valence-corrected chi connectivity index (χ2v) is 2.01. The summed E-state index contributed by atoms with van der Waals surface area (Å²) < 4.78 is 0. The van der Waals surface area contributed by atoms with Gasteiger partial charge in [0.2, 0.25) is 0 Å². The summed E-state index contributed by atoms with van der Waals surface area (Å²) >= 11 is 0. The van der Waals surface area contributed by atoms with Gasteiger partial charge in [0, 0.05) is 5.92 Å². The molecular weight excluding hydrogens is 96.1 g/mol. The van der Waals surface area contributed by atoms with Gasteiger partial charge in [-0.1, -0.05) is 19.8 Å². The predicted molar refractivity (Wildman–Crippen MR) is 37.2 cm³/mol. The lowest BCUT2D eigenvalue weighted by Crippen LogP contribution is -1.87. The first-order valence-electron chi connectivity index (χ1n) is 3.10. The monoisotopic (exact) mass is 109 g/mol. The Bertz CT molecular complexity index is 76.5. The molecule has 0 aromatic carbocycles. The molecule has 0 aromatic heterocycles. The van der Waals surface area contributed by atoms with Crippen LogP contribution in [0.2, 0.25) is 0 Å². The van der Waals surface area contributed by atoms with E-state index >= 15 is 0 Å². The average molecular weight is 109 g/mol. The molecule has 0 saturated heterocycles. The Labute approximate surface area is 52.3 Å². The quantitative estimate of drug-likeness (QED) is 0.488. The third-order valence-corrected chi connectivity index (χ3v) is 1.14. The van der Waals surface area contributed by atoms with Crippen molar-refractivity contribution < 1.29 is 0 Å². The van der Waals surface area contributed by atoms with E-state index in [2.05, 4.69) is 19.8 Å². The van der Waals surface area contributed by atoms with Gasteiger partial charge < -0.3 is 0 Å². The zero-order valence-corrected chi connectivity index (χ0v) is 5.48. The van der Waals surface area contributed by atoms with Crippen LogP contribution in [-0.2, 0) is 0 Å². The van der Waals surface area contributed by atoms with E-state index in [9.17, 15) is 0 Å². The molecule has 0 aliphatic carbocycles. The molecule has 0 aliphatic heterocycles. The van der Waals surface area contributed by atoms with Crippen LogP contribution in [0.5, 0.6) is 0 Å². The molecule has 1 unspecified atom stereocenters. The minimum atomic E-state index is 0.231. The topological polar surface area (TPSA) is 0 Å². The van der Waals surface area contributed by atoms with Crippen molar-refractivity contribution in [3.8, 4) is 12.3 Å². The van der Waals surface area contributed by atoms with Crippen LogP contribution in [0.4, 0.5) is 0 Å². The fourth-order valence-corrected chi connectivity index (χ4v) is 0.534. The lowest BCUT2D eigenvalue weighted by atomic mass is 10.1. The number of terminal acetylenes is 1. The summed E-state index contributed by atoms with van der Waals surface area (Å²) in [6.45, 7) is 5.91. The van der Waals surface area contributed by atoms with Gasteiger partial charge in [0.15, 0.2) is 0 Å². The number of hydrogen-bond donors (Lipinski definition) is 0. The predicted octanol–water partition coefficient (Wildman–Crippen LogP) is 2.26. The molecule has 0 heterocycles. The van der Waals surface area contributed by atoms with Gasteiger partial charge in [0.1, 0.15) is 0 Å². The van der Waals surface area contributed by atoms with Gasteiger partial charge in [0.25, 0.3) is 0 Å². The average Bonchev–Trinajstić information content (AvgIpc) is 1.83. The molecule has 0 aromatic rings. The van der Waals surface area contributed by atoms with E-state index < -0.39 is 0 Å². The number of hydrogen-bond acceptors (Lipinski definition) is 0. The van der Waals surface area contributed by atoms with Crippen LogP contribution >= 0.6 is 0 Å². The summed E-state index contributed by atoms with van der Waals surface area (Å²) in [4.78, 5) is 0. The van der Waals surface area contributed by atoms with Crippen molar-refractivity contribution in [1.82, 2.24) is 0 Å². The van der Waals surface area contributed by atoms with E-state index in [0.29, 0.717) is 0 Å². The van der Waals surface area contributed by atoms with Crippen LogP contribution in [0.15, 0.2) is 0 Å². The Hall–Kier alpha value is -0.440. The molecule has 1 radical (unpaired) electrons. The van der Waals surface area contributed by atoms with Gasteiger partial charge in [-0.15, -0.1) is 12.3 Å². The first-order valence-corrected chi connectivity index (χ1v) is 3.10. The summed E-state index contributed by atoms with van der Waals surface area (Å²) in [5, 5.41) is 0. The number of unbranched alkanes of at least 4 members (excludes halogenated alkanes) is 1. The SMILES string of the molecule is C#CC([CH2])CCCC. The highest BCUT2D eigenvalue weighted by Gasteiger charge is 1.92.